The Bertz CT molecular complexity index is 1060. The lowest BCUT2D eigenvalue weighted by Crippen LogP contribution is -2.76. The highest BCUT2D eigenvalue weighted by molar-refractivity contribution is 5.76. The summed E-state index contributed by atoms with van der Waals surface area (Å²) in [6, 6.07) is 0. The summed E-state index contributed by atoms with van der Waals surface area (Å²) in [6.07, 6.45) is 10.1. The van der Waals surface area contributed by atoms with Crippen molar-refractivity contribution in [2.45, 2.75) is 139 Å². The lowest BCUT2D eigenvalue weighted by molar-refractivity contribution is -0.304. The Hall–Kier alpha value is -1.39. The molecule has 5 aliphatic rings. The number of aldehydes is 1. The molecule has 11 atom stereocenters. The van der Waals surface area contributed by atoms with Gasteiger partial charge in [-0.3, -0.25) is 14.4 Å². The Balaban J connectivity index is 1.66. The van der Waals surface area contributed by atoms with Crippen molar-refractivity contribution in [3.05, 3.63) is 0 Å². The molecule has 0 aliphatic heterocycles. The summed E-state index contributed by atoms with van der Waals surface area (Å²) in [7, 11) is 0. The minimum absolute atomic E-state index is 0.00474. The molecule has 5 fully saturated rings. The Morgan fingerprint density at radius 3 is 2.05 bits per heavy atom. The van der Waals surface area contributed by atoms with E-state index in [1.54, 1.807) is 0 Å². The van der Waals surface area contributed by atoms with Gasteiger partial charge in [-0.15, -0.1) is 0 Å². The van der Waals surface area contributed by atoms with Gasteiger partial charge in [0.05, 0.1) is 0 Å². The number of fused-ring (bicyclic) bond motifs is 7. The largest absolute Gasteiger partial charge is 0.458 e. The molecule has 0 bridgehead atoms. The predicted molar refractivity (Wildman–Crippen MR) is 156 cm³/mol. The summed E-state index contributed by atoms with van der Waals surface area (Å²) < 4.78 is 12.2. The van der Waals surface area contributed by atoms with E-state index in [4.69, 9.17) is 9.47 Å². The third kappa shape index (κ3) is 3.73. The average Bonchev–Trinajstić information content (AvgIpc) is 3.19. The molecule has 0 heterocycles. The van der Waals surface area contributed by atoms with Crippen molar-refractivity contribution in [1.82, 2.24) is 0 Å². The lowest BCUT2D eigenvalue weighted by atomic mass is 9.30. The second-order valence-electron chi connectivity index (χ2n) is 16.9. The van der Waals surface area contributed by atoms with Gasteiger partial charge in [-0.25, -0.2) is 0 Å². The number of hydrogen-bond acceptors (Lipinski definition) is 5. The fraction of sp³-hybridized carbons (Fsp3) is 0.914. The molecule has 5 aliphatic carbocycles. The van der Waals surface area contributed by atoms with Crippen LogP contribution in [0.3, 0.4) is 0 Å². The molecule has 0 aromatic rings. The molecule has 6 unspecified atom stereocenters. The Morgan fingerprint density at radius 2 is 1.48 bits per heavy atom. The number of hydrogen-bond donors (Lipinski definition) is 0. The van der Waals surface area contributed by atoms with Crippen LogP contribution >= 0.6 is 0 Å². The van der Waals surface area contributed by atoms with Crippen LogP contribution in [0.25, 0.3) is 0 Å². The molecule has 40 heavy (non-hydrogen) atoms. The van der Waals surface area contributed by atoms with Gasteiger partial charge in [0, 0.05) is 19.3 Å². The molecule has 5 heteroatoms. The number of ether oxygens (including phenoxy) is 2. The van der Waals surface area contributed by atoms with Crippen LogP contribution in [0, 0.1) is 62.6 Å². The maximum Gasteiger partial charge on any atom is 0.303 e. The van der Waals surface area contributed by atoms with E-state index in [1.807, 2.05) is 0 Å². The van der Waals surface area contributed by atoms with E-state index < -0.39 is 29.1 Å². The van der Waals surface area contributed by atoms with Gasteiger partial charge < -0.3 is 9.47 Å². The van der Waals surface area contributed by atoms with Crippen LogP contribution < -0.4 is 0 Å². The van der Waals surface area contributed by atoms with Crippen LogP contribution in [0.2, 0.25) is 0 Å². The summed E-state index contributed by atoms with van der Waals surface area (Å²) in [4.78, 5) is 38.6. The van der Waals surface area contributed by atoms with Gasteiger partial charge in [0.1, 0.15) is 6.10 Å². The third-order valence-electron chi connectivity index (χ3n) is 14.6. The summed E-state index contributed by atoms with van der Waals surface area (Å²) in [5, 5.41) is 0. The second-order valence-corrected chi connectivity index (χ2v) is 16.9. The van der Waals surface area contributed by atoms with Crippen LogP contribution in [-0.2, 0) is 23.9 Å². The zero-order valence-corrected chi connectivity index (χ0v) is 27.0. The average molecular weight is 557 g/mol. The molecule has 0 radical (unpaired) electrons. The maximum atomic E-state index is 13.5. The Morgan fingerprint density at radius 1 is 0.800 bits per heavy atom. The summed E-state index contributed by atoms with van der Waals surface area (Å²) in [5.74, 6) is 2.35. The molecule has 0 aromatic carbocycles. The molecule has 0 spiro atoms. The molecule has 0 N–H and O–H groups in total. The molecular weight excluding hydrogens is 500 g/mol. The highest BCUT2D eigenvalue weighted by Gasteiger charge is 2.77. The standard InChI is InChI=1S/C35H56O5/c1-21(2)24-13-15-31(7)17-18-32(8)25(29(24)31)11-12-27-33(32,9)16-14-26-30(5,6)19-28(39-22(3)37)35(20-36,34(26,27)10)40-23(4)38/h20-21,24-29H,11-19H2,1-10H3/t24-,25?,26?,27?,28?,29?,31-,32-,33-,34+,35?/m1/s1. The number of carbonyl (C=O) groups is 3. The first-order valence-corrected chi connectivity index (χ1v) is 16.3. The number of rotatable bonds is 4. The molecule has 226 valence electrons. The first-order valence-electron chi connectivity index (χ1n) is 16.3. The zero-order valence-electron chi connectivity index (χ0n) is 27.0. The van der Waals surface area contributed by atoms with E-state index in [1.165, 1.54) is 39.5 Å². The van der Waals surface area contributed by atoms with Gasteiger partial charge >= 0.3 is 11.9 Å². The molecule has 5 saturated carbocycles. The summed E-state index contributed by atoms with van der Waals surface area (Å²) in [5.41, 5.74) is -1.72. The van der Waals surface area contributed by atoms with Crippen LogP contribution in [-0.4, -0.2) is 29.9 Å². The van der Waals surface area contributed by atoms with Gasteiger partial charge in [0.2, 0.25) is 5.60 Å². The maximum absolute atomic E-state index is 13.5. The zero-order chi connectivity index (χ0) is 29.7. The topological polar surface area (TPSA) is 69.7 Å². The lowest BCUT2D eigenvalue weighted by Gasteiger charge is -2.74. The predicted octanol–water partition coefficient (Wildman–Crippen LogP) is 7.79. The fourth-order valence-electron chi connectivity index (χ4n) is 12.8. The van der Waals surface area contributed by atoms with E-state index in [-0.39, 0.29) is 28.1 Å². The fourth-order valence-corrected chi connectivity index (χ4v) is 12.8. The smallest absolute Gasteiger partial charge is 0.303 e. The van der Waals surface area contributed by atoms with Crippen LogP contribution in [0.1, 0.15) is 127 Å². The van der Waals surface area contributed by atoms with E-state index in [9.17, 15) is 14.4 Å². The highest BCUT2D eigenvalue weighted by atomic mass is 16.6. The molecular formula is C35H56O5. The van der Waals surface area contributed by atoms with Gasteiger partial charge in [-0.2, -0.15) is 0 Å². The minimum atomic E-state index is -1.49. The minimum Gasteiger partial charge on any atom is -0.458 e. The molecule has 0 amide bonds. The van der Waals surface area contributed by atoms with Gasteiger partial charge in [-0.05, 0) is 115 Å². The molecule has 5 rings (SSSR count). The Labute approximate surface area is 243 Å². The Kier molecular flexibility index (Phi) is 7.00. The normalized spacial score (nSPS) is 51.1. The third-order valence-corrected chi connectivity index (χ3v) is 14.6. The van der Waals surface area contributed by atoms with Crippen LogP contribution in [0.5, 0.6) is 0 Å². The number of esters is 2. The van der Waals surface area contributed by atoms with Gasteiger partial charge in [-0.1, -0.05) is 55.4 Å². The van der Waals surface area contributed by atoms with Crippen molar-refractivity contribution in [3.63, 3.8) is 0 Å². The van der Waals surface area contributed by atoms with E-state index in [0.29, 0.717) is 23.7 Å². The van der Waals surface area contributed by atoms with Crippen molar-refractivity contribution < 1.29 is 23.9 Å². The molecule has 5 nitrogen and oxygen atoms in total. The summed E-state index contributed by atoms with van der Waals surface area (Å²) >= 11 is 0. The van der Waals surface area contributed by atoms with Gasteiger partial charge in [0.15, 0.2) is 6.29 Å². The highest BCUT2D eigenvalue weighted by Crippen LogP contribution is 2.78. The SMILES string of the molecule is CC(=O)OC1CC(C)(C)C2CC[C@]3(C)C(CCC4C5[C@@H](C(C)C)CC[C@]5(C)CC[C@]43C)[C@@]2(C)C1(C=O)OC(C)=O. The van der Waals surface area contributed by atoms with Crippen molar-refractivity contribution in [2.75, 3.05) is 0 Å². The summed E-state index contributed by atoms with van der Waals surface area (Å²) in [6.45, 7) is 22.1. The van der Waals surface area contributed by atoms with E-state index in [2.05, 4.69) is 55.4 Å². The van der Waals surface area contributed by atoms with Crippen LogP contribution in [0.15, 0.2) is 0 Å². The first kappa shape index (κ1) is 30.1. The monoisotopic (exact) mass is 556 g/mol. The number of carbonyl (C=O) groups excluding carboxylic acids is 3. The van der Waals surface area contributed by atoms with Crippen LogP contribution in [0.4, 0.5) is 0 Å². The molecule has 0 aromatic heterocycles. The first-order chi connectivity index (χ1) is 18.4. The van der Waals surface area contributed by atoms with E-state index >= 15 is 0 Å². The van der Waals surface area contributed by atoms with Crippen molar-refractivity contribution >= 4 is 18.2 Å². The quantitative estimate of drug-likeness (QED) is 0.261. The second kappa shape index (κ2) is 9.30. The van der Waals surface area contributed by atoms with Crippen molar-refractivity contribution in [2.24, 2.45) is 62.6 Å². The van der Waals surface area contributed by atoms with Gasteiger partial charge in [0.25, 0.3) is 0 Å². The van der Waals surface area contributed by atoms with Crippen molar-refractivity contribution in [3.8, 4) is 0 Å². The van der Waals surface area contributed by atoms with Crippen molar-refractivity contribution in [1.29, 1.82) is 0 Å². The van der Waals surface area contributed by atoms with E-state index in [0.717, 1.165) is 43.8 Å². The molecule has 0 saturated heterocycles.